The first-order valence-corrected chi connectivity index (χ1v) is 8.77. The van der Waals surface area contributed by atoms with Gasteiger partial charge in [0.25, 0.3) is 0 Å². The van der Waals surface area contributed by atoms with Crippen LogP contribution in [0.15, 0.2) is 23.4 Å². The molecule has 7 heteroatoms. The SMILES string of the molecule is CCNC1CCN(S(=O)(=O)c2cncc(F)c2)CC1CC. The van der Waals surface area contributed by atoms with Crippen LogP contribution in [-0.2, 0) is 10.0 Å². The number of aromatic nitrogens is 1. The van der Waals surface area contributed by atoms with E-state index in [1.807, 2.05) is 6.92 Å². The van der Waals surface area contributed by atoms with Crippen molar-refractivity contribution < 1.29 is 12.8 Å². The molecule has 2 atom stereocenters. The summed E-state index contributed by atoms with van der Waals surface area (Å²) < 4.78 is 39.8. The molecule has 0 amide bonds. The highest BCUT2D eigenvalue weighted by atomic mass is 32.2. The summed E-state index contributed by atoms with van der Waals surface area (Å²) in [7, 11) is -3.66. The maximum Gasteiger partial charge on any atom is 0.244 e. The largest absolute Gasteiger partial charge is 0.314 e. The number of pyridine rings is 1. The van der Waals surface area contributed by atoms with Crippen LogP contribution in [0.5, 0.6) is 0 Å². The van der Waals surface area contributed by atoms with Crippen molar-refractivity contribution in [2.24, 2.45) is 5.92 Å². The smallest absolute Gasteiger partial charge is 0.244 e. The van der Waals surface area contributed by atoms with E-state index in [-0.39, 0.29) is 10.8 Å². The predicted octanol–water partition coefficient (Wildman–Crippen LogP) is 1.62. The van der Waals surface area contributed by atoms with Crippen LogP contribution in [0.3, 0.4) is 0 Å². The summed E-state index contributed by atoms with van der Waals surface area (Å²) in [4.78, 5) is 3.57. The lowest BCUT2D eigenvalue weighted by atomic mass is 9.91. The fourth-order valence-electron chi connectivity index (χ4n) is 2.84. The second-order valence-corrected chi connectivity index (χ2v) is 7.26. The van der Waals surface area contributed by atoms with Gasteiger partial charge < -0.3 is 5.32 Å². The number of sulfonamides is 1. The monoisotopic (exact) mass is 315 g/mol. The summed E-state index contributed by atoms with van der Waals surface area (Å²) in [6, 6.07) is 1.37. The molecule has 0 spiro atoms. The quantitative estimate of drug-likeness (QED) is 0.897. The maximum absolute atomic E-state index is 13.2. The van der Waals surface area contributed by atoms with Gasteiger partial charge in [-0.2, -0.15) is 4.31 Å². The van der Waals surface area contributed by atoms with E-state index in [2.05, 4.69) is 17.2 Å². The molecule has 1 aliphatic rings. The van der Waals surface area contributed by atoms with E-state index in [0.29, 0.717) is 19.1 Å². The number of hydrogen-bond donors (Lipinski definition) is 1. The molecule has 1 aliphatic heterocycles. The Morgan fingerprint density at radius 3 is 2.81 bits per heavy atom. The Morgan fingerprint density at radius 2 is 2.19 bits per heavy atom. The molecule has 118 valence electrons. The van der Waals surface area contributed by atoms with Crippen LogP contribution in [0, 0.1) is 11.7 Å². The van der Waals surface area contributed by atoms with Crippen molar-refractivity contribution in [3.05, 3.63) is 24.3 Å². The van der Waals surface area contributed by atoms with Gasteiger partial charge in [-0.1, -0.05) is 20.3 Å². The summed E-state index contributed by atoms with van der Waals surface area (Å²) in [5.41, 5.74) is 0. The molecule has 0 radical (unpaired) electrons. The molecule has 0 bridgehead atoms. The van der Waals surface area contributed by atoms with Crippen molar-refractivity contribution in [1.82, 2.24) is 14.6 Å². The van der Waals surface area contributed by atoms with Crippen molar-refractivity contribution in [3.63, 3.8) is 0 Å². The molecule has 1 aromatic heterocycles. The zero-order chi connectivity index (χ0) is 15.5. The summed E-state index contributed by atoms with van der Waals surface area (Å²) in [5.74, 6) is -0.361. The Kier molecular flexibility index (Phi) is 5.29. The van der Waals surface area contributed by atoms with Crippen LogP contribution in [-0.4, -0.2) is 43.4 Å². The first-order chi connectivity index (χ1) is 9.98. The van der Waals surface area contributed by atoms with Gasteiger partial charge in [0, 0.05) is 25.3 Å². The van der Waals surface area contributed by atoms with E-state index in [1.54, 1.807) is 0 Å². The van der Waals surface area contributed by atoms with E-state index in [4.69, 9.17) is 0 Å². The Bertz CT molecular complexity index is 579. The van der Waals surface area contributed by atoms with Crippen LogP contribution in [0.4, 0.5) is 4.39 Å². The number of nitrogens with zero attached hydrogens (tertiary/aromatic N) is 2. The second-order valence-electron chi connectivity index (χ2n) is 5.32. The third-order valence-electron chi connectivity index (χ3n) is 4.00. The fraction of sp³-hybridized carbons (Fsp3) is 0.643. The van der Waals surface area contributed by atoms with E-state index in [9.17, 15) is 12.8 Å². The number of piperidine rings is 1. The molecule has 0 aromatic carbocycles. The lowest BCUT2D eigenvalue weighted by Crippen LogP contribution is -2.50. The molecule has 0 aliphatic carbocycles. The number of halogens is 1. The molecule has 2 rings (SSSR count). The summed E-state index contributed by atoms with van der Waals surface area (Å²) in [6.45, 7) is 5.91. The van der Waals surface area contributed by atoms with Gasteiger partial charge in [-0.05, 0) is 24.9 Å². The zero-order valence-corrected chi connectivity index (χ0v) is 13.2. The molecular weight excluding hydrogens is 293 g/mol. The van der Waals surface area contributed by atoms with Gasteiger partial charge in [-0.25, -0.2) is 12.8 Å². The second kappa shape index (κ2) is 6.81. The highest BCUT2D eigenvalue weighted by Crippen LogP contribution is 2.25. The number of hydrogen-bond acceptors (Lipinski definition) is 4. The van der Waals surface area contributed by atoms with Gasteiger partial charge in [0.2, 0.25) is 10.0 Å². The Hall–Kier alpha value is -1.05. The van der Waals surface area contributed by atoms with Gasteiger partial charge in [0.1, 0.15) is 10.7 Å². The molecule has 1 N–H and O–H groups in total. The number of nitrogens with one attached hydrogen (secondary N) is 1. The molecule has 2 heterocycles. The molecule has 21 heavy (non-hydrogen) atoms. The first-order valence-electron chi connectivity index (χ1n) is 7.33. The van der Waals surface area contributed by atoms with E-state index >= 15 is 0 Å². The van der Waals surface area contributed by atoms with Crippen molar-refractivity contribution >= 4 is 10.0 Å². The molecule has 1 fully saturated rings. The molecular formula is C14H22FN3O2S. The minimum Gasteiger partial charge on any atom is -0.314 e. The topological polar surface area (TPSA) is 62.3 Å². The third kappa shape index (κ3) is 3.59. The van der Waals surface area contributed by atoms with Gasteiger partial charge in [-0.3, -0.25) is 4.98 Å². The average molecular weight is 315 g/mol. The predicted molar refractivity (Wildman–Crippen MR) is 78.8 cm³/mol. The zero-order valence-electron chi connectivity index (χ0n) is 12.4. The molecule has 1 aromatic rings. The van der Waals surface area contributed by atoms with E-state index < -0.39 is 15.8 Å². The highest BCUT2D eigenvalue weighted by molar-refractivity contribution is 7.89. The first kappa shape index (κ1) is 16.3. The summed E-state index contributed by atoms with van der Waals surface area (Å²) in [5, 5.41) is 3.41. The van der Waals surface area contributed by atoms with Gasteiger partial charge in [-0.15, -0.1) is 0 Å². The van der Waals surface area contributed by atoms with Gasteiger partial charge in [0.15, 0.2) is 0 Å². The Labute approximate surface area is 125 Å². The summed E-state index contributed by atoms with van der Waals surface area (Å²) in [6.07, 6.45) is 3.89. The Morgan fingerprint density at radius 1 is 1.43 bits per heavy atom. The van der Waals surface area contributed by atoms with E-state index in [0.717, 1.165) is 31.6 Å². The van der Waals surface area contributed by atoms with Crippen LogP contribution < -0.4 is 5.32 Å². The van der Waals surface area contributed by atoms with Crippen LogP contribution in [0.2, 0.25) is 0 Å². The van der Waals surface area contributed by atoms with Gasteiger partial charge >= 0.3 is 0 Å². The lowest BCUT2D eigenvalue weighted by molar-refractivity contribution is 0.204. The highest BCUT2D eigenvalue weighted by Gasteiger charge is 2.34. The minimum absolute atomic E-state index is 0.0701. The Balaban J connectivity index is 2.18. The lowest BCUT2D eigenvalue weighted by Gasteiger charge is -2.37. The van der Waals surface area contributed by atoms with Crippen molar-refractivity contribution in [2.45, 2.75) is 37.6 Å². The minimum atomic E-state index is -3.66. The van der Waals surface area contributed by atoms with Crippen molar-refractivity contribution in [3.8, 4) is 0 Å². The fourth-order valence-corrected chi connectivity index (χ4v) is 4.33. The van der Waals surface area contributed by atoms with Crippen molar-refractivity contribution in [1.29, 1.82) is 0 Å². The van der Waals surface area contributed by atoms with Gasteiger partial charge in [0.05, 0.1) is 6.20 Å². The standard InChI is InChI=1S/C14H22FN3O2S/c1-3-11-10-18(6-5-14(11)17-4-2)21(19,20)13-7-12(15)8-16-9-13/h7-9,11,14,17H,3-6,10H2,1-2H3. The molecule has 1 saturated heterocycles. The molecule has 0 saturated carbocycles. The average Bonchev–Trinajstić information content (AvgIpc) is 2.47. The van der Waals surface area contributed by atoms with Crippen LogP contribution >= 0.6 is 0 Å². The van der Waals surface area contributed by atoms with E-state index in [1.165, 1.54) is 10.5 Å². The normalized spacial score (nSPS) is 24.1. The van der Waals surface area contributed by atoms with Crippen LogP contribution in [0.1, 0.15) is 26.7 Å². The van der Waals surface area contributed by atoms with Crippen molar-refractivity contribution in [2.75, 3.05) is 19.6 Å². The molecule has 2 unspecified atom stereocenters. The summed E-state index contributed by atoms with van der Waals surface area (Å²) >= 11 is 0. The third-order valence-corrected chi connectivity index (χ3v) is 5.84. The maximum atomic E-state index is 13.2. The number of rotatable bonds is 5. The van der Waals surface area contributed by atoms with Crippen LogP contribution in [0.25, 0.3) is 0 Å². The molecule has 5 nitrogen and oxygen atoms in total.